The minimum Gasteiger partial charge on any atom is -0.496 e. The van der Waals surface area contributed by atoms with Crippen molar-refractivity contribution in [3.8, 4) is 5.75 Å². The standard InChI is InChI=1S/C17H28N2O.2ClH/c1-3-4-5-9-16(19-13-11-18-12-14-19)15-8-6-7-10-17(15)20-2;;/h6-8,10,16,18H,3-5,9,11-14H2,1-2H3;2*1H/t16-;;/m0../s1. The molecule has 0 radical (unpaired) electrons. The number of hydrogen-bond donors (Lipinski definition) is 1. The van der Waals surface area contributed by atoms with Crippen LogP contribution in [0, 0.1) is 0 Å². The van der Waals surface area contributed by atoms with Gasteiger partial charge in [0.2, 0.25) is 0 Å². The van der Waals surface area contributed by atoms with Crippen LogP contribution in [0.25, 0.3) is 0 Å². The molecule has 2 rings (SSSR count). The molecule has 0 bridgehead atoms. The highest BCUT2D eigenvalue weighted by atomic mass is 35.5. The van der Waals surface area contributed by atoms with Crippen molar-refractivity contribution in [3.63, 3.8) is 0 Å². The van der Waals surface area contributed by atoms with Crippen LogP contribution in [0.1, 0.15) is 44.2 Å². The summed E-state index contributed by atoms with van der Waals surface area (Å²) in [6.07, 6.45) is 5.12. The van der Waals surface area contributed by atoms with Crippen LogP contribution in [-0.2, 0) is 0 Å². The molecule has 0 spiro atoms. The zero-order valence-corrected chi connectivity index (χ0v) is 15.3. The summed E-state index contributed by atoms with van der Waals surface area (Å²) in [5.41, 5.74) is 1.35. The summed E-state index contributed by atoms with van der Waals surface area (Å²) in [6, 6.07) is 9.01. The second-order valence-electron chi connectivity index (χ2n) is 5.54. The molecule has 1 N–H and O–H groups in total. The van der Waals surface area contributed by atoms with E-state index in [0.717, 1.165) is 31.9 Å². The fourth-order valence-corrected chi connectivity index (χ4v) is 3.06. The average molecular weight is 349 g/mol. The van der Waals surface area contributed by atoms with Gasteiger partial charge in [0, 0.05) is 37.8 Å². The lowest BCUT2D eigenvalue weighted by molar-refractivity contribution is 0.160. The molecule has 1 saturated heterocycles. The first-order valence-electron chi connectivity index (χ1n) is 7.94. The Morgan fingerprint density at radius 2 is 1.82 bits per heavy atom. The number of hydrogen-bond acceptors (Lipinski definition) is 3. The van der Waals surface area contributed by atoms with Crippen LogP contribution in [-0.4, -0.2) is 38.2 Å². The largest absolute Gasteiger partial charge is 0.496 e. The van der Waals surface area contributed by atoms with Crippen LogP contribution in [0.15, 0.2) is 24.3 Å². The molecule has 1 aromatic carbocycles. The highest BCUT2D eigenvalue weighted by molar-refractivity contribution is 5.85. The molecular formula is C17H30Cl2N2O. The van der Waals surface area contributed by atoms with E-state index in [2.05, 4.69) is 41.4 Å². The number of nitrogens with zero attached hydrogens (tertiary/aromatic N) is 1. The normalized spacial score (nSPS) is 16.3. The number of methoxy groups -OCH3 is 1. The van der Waals surface area contributed by atoms with Gasteiger partial charge in [-0.15, -0.1) is 24.8 Å². The SMILES string of the molecule is CCCCC[C@@H](c1ccccc1OC)N1CCNCC1.Cl.Cl. The number of rotatable bonds is 7. The summed E-state index contributed by atoms with van der Waals surface area (Å²) in [4.78, 5) is 2.62. The van der Waals surface area contributed by atoms with Crippen molar-refractivity contribution >= 4 is 24.8 Å². The number of halogens is 2. The van der Waals surface area contributed by atoms with Crippen molar-refractivity contribution in [2.45, 2.75) is 38.6 Å². The number of ether oxygens (including phenoxy) is 1. The van der Waals surface area contributed by atoms with Gasteiger partial charge in [-0.3, -0.25) is 4.90 Å². The van der Waals surface area contributed by atoms with Gasteiger partial charge in [0.1, 0.15) is 5.75 Å². The van der Waals surface area contributed by atoms with E-state index in [1.54, 1.807) is 7.11 Å². The minimum atomic E-state index is 0. The molecule has 1 heterocycles. The van der Waals surface area contributed by atoms with Crippen LogP contribution in [0.4, 0.5) is 0 Å². The highest BCUT2D eigenvalue weighted by Gasteiger charge is 2.24. The maximum Gasteiger partial charge on any atom is 0.123 e. The Hall–Kier alpha value is -0.480. The monoisotopic (exact) mass is 348 g/mol. The molecule has 128 valence electrons. The van der Waals surface area contributed by atoms with Crippen LogP contribution in [0.3, 0.4) is 0 Å². The van der Waals surface area contributed by atoms with Gasteiger partial charge in [-0.1, -0.05) is 44.4 Å². The lowest BCUT2D eigenvalue weighted by Gasteiger charge is -2.36. The molecule has 1 aliphatic rings. The minimum absolute atomic E-state index is 0. The van der Waals surface area contributed by atoms with Gasteiger partial charge in [-0.05, 0) is 12.5 Å². The van der Waals surface area contributed by atoms with E-state index in [1.807, 2.05) is 0 Å². The summed E-state index contributed by atoms with van der Waals surface area (Å²) >= 11 is 0. The fourth-order valence-electron chi connectivity index (χ4n) is 3.06. The quantitative estimate of drug-likeness (QED) is 0.751. The van der Waals surface area contributed by atoms with Crippen LogP contribution in [0.2, 0.25) is 0 Å². The molecule has 1 fully saturated rings. The molecule has 0 saturated carbocycles. The Labute approximate surface area is 147 Å². The summed E-state index contributed by atoms with van der Waals surface area (Å²) < 4.78 is 5.58. The van der Waals surface area contributed by atoms with E-state index in [0.29, 0.717) is 6.04 Å². The molecule has 0 aliphatic carbocycles. The molecule has 1 aliphatic heterocycles. The van der Waals surface area contributed by atoms with Crippen molar-refractivity contribution in [2.24, 2.45) is 0 Å². The van der Waals surface area contributed by atoms with Crippen LogP contribution in [0.5, 0.6) is 5.75 Å². The molecule has 1 atom stereocenters. The summed E-state index contributed by atoms with van der Waals surface area (Å²) in [7, 11) is 1.78. The van der Waals surface area contributed by atoms with Gasteiger partial charge in [0.05, 0.1) is 7.11 Å². The van der Waals surface area contributed by atoms with Crippen molar-refractivity contribution in [1.82, 2.24) is 10.2 Å². The van der Waals surface area contributed by atoms with Gasteiger partial charge in [0.25, 0.3) is 0 Å². The van der Waals surface area contributed by atoms with Crippen LogP contribution < -0.4 is 10.1 Å². The number of nitrogens with one attached hydrogen (secondary N) is 1. The fraction of sp³-hybridized carbons (Fsp3) is 0.647. The summed E-state index contributed by atoms with van der Waals surface area (Å²) in [5, 5.41) is 3.44. The third-order valence-corrected chi connectivity index (χ3v) is 4.17. The van der Waals surface area contributed by atoms with Crippen molar-refractivity contribution in [3.05, 3.63) is 29.8 Å². The topological polar surface area (TPSA) is 24.5 Å². The second kappa shape index (κ2) is 12.0. The van der Waals surface area contributed by atoms with Crippen molar-refractivity contribution in [1.29, 1.82) is 0 Å². The van der Waals surface area contributed by atoms with Crippen LogP contribution >= 0.6 is 24.8 Å². The first-order chi connectivity index (χ1) is 9.86. The Morgan fingerprint density at radius 1 is 1.14 bits per heavy atom. The zero-order valence-electron chi connectivity index (χ0n) is 13.7. The molecule has 5 heteroatoms. The maximum atomic E-state index is 5.58. The lowest BCUT2D eigenvalue weighted by atomic mass is 9.97. The number of unbranched alkanes of at least 4 members (excludes halogenated alkanes) is 2. The average Bonchev–Trinajstić information content (AvgIpc) is 2.52. The molecule has 22 heavy (non-hydrogen) atoms. The number of piperazine rings is 1. The Bertz CT molecular complexity index is 398. The lowest BCUT2D eigenvalue weighted by Crippen LogP contribution is -2.45. The molecule has 0 unspecified atom stereocenters. The predicted octanol–water partition coefficient (Wildman–Crippen LogP) is 4.07. The zero-order chi connectivity index (χ0) is 14.2. The van der Waals surface area contributed by atoms with Gasteiger partial charge < -0.3 is 10.1 Å². The highest BCUT2D eigenvalue weighted by Crippen LogP contribution is 2.33. The molecular weight excluding hydrogens is 319 g/mol. The third kappa shape index (κ3) is 5.96. The maximum absolute atomic E-state index is 5.58. The van der Waals surface area contributed by atoms with E-state index < -0.39 is 0 Å². The predicted molar refractivity (Wildman–Crippen MR) is 98.8 cm³/mol. The molecule has 0 amide bonds. The van der Waals surface area contributed by atoms with E-state index in [-0.39, 0.29) is 24.8 Å². The van der Waals surface area contributed by atoms with Gasteiger partial charge in [0.15, 0.2) is 0 Å². The molecule has 0 aromatic heterocycles. The number of benzene rings is 1. The van der Waals surface area contributed by atoms with Crippen molar-refractivity contribution < 1.29 is 4.74 Å². The van der Waals surface area contributed by atoms with Crippen molar-refractivity contribution in [2.75, 3.05) is 33.3 Å². The van der Waals surface area contributed by atoms with E-state index >= 15 is 0 Å². The summed E-state index contributed by atoms with van der Waals surface area (Å²) in [5.74, 6) is 1.03. The first kappa shape index (κ1) is 21.5. The Morgan fingerprint density at radius 3 is 2.45 bits per heavy atom. The van der Waals surface area contributed by atoms with E-state index in [1.165, 1.54) is 31.2 Å². The second-order valence-corrected chi connectivity index (χ2v) is 5.54. The molecule has 1 aromatic rings. The Kier molecular flexibility index (Phi) is 11.7. The van der Waals surface area contributed by atoms with E-state index in [4.69, 9.17) is 4.74 Å². The van der Waals surface area contributed by atoms with Gasteiger partial charge >= 0.3 is 0 Å². The van der Waals surface area contributed by atoms with Gasteiger partial charge in [-0.2, -0.15) is 0 Å². The van der Waals surface area contributed by atoms with E-state index in [9.17, 15) is 0 Å². The summed E-state index contributed by atoms with van der Waals surface area (Å²) in [6.45, 7) is 6.73. The Balaban J connectivity index is 0.00000220. The number of para-hydroxylation sites is 1. The first-order valence-corrected chi connectivity index (χ1v) is 7.94. The smallest absolute Gasteiger partial charge is 0.123 e. The third-order valence-electron chi connectivity index (χ3n) is 4.17. The molecule has 3 nitrogen and oxygen atoms in total. The van der Waals surface area contributed by atoms with Gasteiger partial charge in [-0.25, -0.2) is 0 Å².